The van der Waals surface area contributed by atoms with Crippen LogP contribution in [0, 0.1) is 6.92 Å². The minimum absolute atomic E-state index is 0.0990. The van der Waals surface area contributed by atoms with E-state index in [-0.39, 0.29) is 18.4 Å². The number of anilines is 1. The number of carbonyl (C=O) groups excluding carboxylic acids is 1. The Labute approximate surface area is 181 Å². The van der Waals surface area contributed by atoms with Gasteiger partial charge in [-0.2, -0.15) is 5.10 Å². The SMILES string of the molecule is Cc1cc(OCC(=O)Nc2cccc(OCCn3cncn3)c2)c(C(C)C)cc1Cl. The molecule has 0 bridgehead atoms. The number of hydrogen-bond acceptors (Lipinski definition) is 5. The van der Waals surface area contributed by atoms with Crippen molar-refractivity contribution in [1.29, 1.82) is 0 Å². The molecule has 2 aromatic carbocycles. The number of nitrogens with one attached hydrogen (secondary N) is 1. The minimum Gasteiger partial charge on any atom is -0.492 e. The Kier molecular flexibility index (Phi) is 7.30. The quantitative estimate of drug-likeness (QED) is 0.544. The van der Waals surface area contributed by atoms with Crippen LogP contribution in [0.5, 0.6) is 11.5 Å². The molecule has 7 nitrogen and oxygen atoms in total. The molecule has 30 heavy (non-hydrogen) atoms. The zero-order chi connectivity index (χ0) is 21.5. The molecule has 0 atom stereocenters. The molecule has 0 unspecified atom stereocenters. The monoisotopic (exact) mass is 428 g/mol. The maximum atomic E-state index is 12.4. The van der Waals surface area contributed by atoms with Crippen molar-refractivity contribution in [2.75, 3.05) is 18.5 Å². The van der Waals surface area contributed by atoms with Gasteiger partial charge in [0.15, 0.2) is 6.61 Å². The first-order valence-electron chi connectivity index (χ1n) is 9.70. The van der Waals surface area contributed by atoms with Crippen LogP contribution in [0.1, 0.15) is 30.9 Å². The summed E-state index contributed by atoms with van der Waals surface area (Å²) < 4.78 is 13.2. The Hall–Kier alpha value is -3.06. The van der Waals surface area contributed by atoms with Gasteiger partial charge in [-0.1, -0.05) is 31.5 Å². The summed E-state index contributed by atoms with van der Waals surface area (Å²) in [6.45, 7) is 6.96. The zero-order valence-electron chi connectivity index (χ0n) is 17.3. The van der Waals surface area contributed by atoms with Crippen molar-refractivity contribution in [2.45, 2.75) is 33.2 Å². The fourth-order valence-corrected chi connectivity index (χ4v) is 3.03. The summed E-state index contributed by atoms with van der Waals surface area (Å²) in [5, 5.41) is 7.55. The number of carbonyl (C=O) groups is 1. The molecule has 158 valence electrons. The molecule has 3 rings (SSSR count). The number of amides is 1. The first kappa shape index (κ1) is 21.6. The predicted molar refractivity (Wildman–Crippen MR) is 116 cm³/mol. The average Bonchev–Trinajstić information content (AvgIpc) is 3.22. The van der Waals surface area contributed by atoms with Crippen molar-refractivity contribution in [3.8, 4) is 11.5 Å². The maximum absolute atomic E-state index is 12.4. The third kappa shape index (κ3) is 5.97. The van der Waals surface area contributed by atoms with Gasteiger partial charge in [0.1, 0.15) is 30.8 Å². The van der Waals surface area contributed by atoms with Crippen LogP contribution in [0.3, 0.4) is 0 Å². The number of benzene rings is 2. The third-order valence-electron chi connectivity index (χ3n) is 4.45. The van der Waals surface area contributed by atoms with Gasteiger partial charge in [-0.15, -0.1) is 0 Å². The van der Waals surface area contributed by atoms with E-state index in [0.717, 1.165) is 11.1 Å². The highest BCUT2D eigenvalue weighted by atomic mass is 35.5. The first-order chi connectivity index (χ1) is 14.4. The van der Waals surface area contributed by atoms with Gasteiger partial charge < -0.3 is 14.8 Å². The van der Waals surface area contributed by atoms with E-state index in [4.69, 9.17) is 21.1 Å². The van der Waals surface area contributed by atoms with Crippen LogP contribution in [-0.2, 0) is 11.3 Å². The van der Waals surface area contributed by atoms with Crippen LogP contribution < -0.4 is 14.8 Å². The lowest BCUT2D eigenvalue weighted by atomic mass is 10.0. The van der Waals surface area contributed by atoms with Crippen LogP contribution >= 0.6 is 11.6 Å². The zero-order valence-corrected chi connectivity index (χ0v) is 18.0. The lowest BCUT2D eigenvalue weighted by Crippen LogP contribution is -2.20. The molecule has 8 heteroatoms. The van der Waals surface area contributed by atoms with Crippen LogP contribution in [0.2, 0.25) is 5.02 Å². The third-order valence-corrected chi connectivity index (χ3v) is 4.85. The summed E-state index contributed by atoms with van der Waals surface area (Å²) in [6.07, 6.45) is 3.11. The molecule has 0 aliphatic rings. The standard InChI is InChI=1S/C22H25ClN4O3/c1-15(2)19-11-20(23)16(3)9-21(19)30-12-22(28)26-17-5-4-6-18(10-17)29-8-7-27-14-24-13-25-27/h4-6,9-11,13-15H,7-8,12H2,1-3H3,(H,26,28). The molecule has 1 amide bonds. The van der Waals surface area contributed by atoms with Crippen molar-refractivity contribution in [3.63, 3.8) is 0 Å². The molecule has 3 aromatic rings. The Morgan fingerprint density at radius 3 is 2.80 bits per heavy atom. The van der Waals surface area contributed by atoms with Gasteiger partial charge in [-0.25, -0.2) is 9.67 Å². The molecular formula is C22H25ClN4O3. The van der Waals surface area contributed by atoms with Crippen LogP contribution in [0.4, 0.5) is 5.69 Å². The molecule has 0 aliphatic carbocycles. The van der Waals surface area contributed by atoms with Gasteiger partial charge in [0.25, 0.3) is 5.91 Å². The normalized spacial score (nSPS) is 10.8. The van der Waals surface area contributed by atoms with Crippen molar-refractivity contribution in [3.05, 3.63) is 65.2 Å². The van der Waals surface area contributed by atoms with Gasteiger partial charge in [0.05, 0.1) is 6.54 Å². The van der Waals surface area contributed by atoms with Gasteiger partial charge in [-0.05, 0) is 48.2 Å². The second kappa shape index (κ2) is 10.1. The summed E-state index contributed by atoms with van der Waals surface area (Å²) in [5.41, 5.74) is 2.52. The average molecular weight is 429 g/mol. The highest BCUT2D eigenvalue weighted by Crippen LogP contribution is 2.32. The van der Waals surface area contributed by atoms with Crippen LogP contribution in [0.25, 0.3) is 0 Å². The highest BCUT2D eigenvalue weighted by molar-refractivity contribution is 6.31. The molecular weight excluding hydrogens is 404 g/mol. The summed E-state index contributed by atoms with van der Waals surface area (Å²) in [6, 6.07) is 11.0. The van der Waals surface area contributed by atoms with Crippen LogP contribution in [0.15, 0.2) is 49.1 Å². The van der Waals surface area contributed by atoms with Crippen molar-refractivity contribution in [1.82, 2.24) is 14.8 Å². The summed E-state index contributed by atoms with van der Waals surface area (Å²) in [5.74, 6) is 1.31. The predicted octanol–water partition coefficient (Wildman–Crippen LogP) is 4.46. The Morgan fingerprint density at radius 2 is 2.07 bits per heavy atom. The van der Waals surface area contributed by atoms with Crippen molar-refractivity contribution in [2.24, 2.45) is 0 Å². The van der Waals surface area contributed by atoms with E-state index in [0.29, 0.717) is 35.4 Å². The minimum atomic E-state index is -0.253. The Bertz CT molecular complexity index is 990. The maximum Gasteiger partial charge on any atom is 0.262 e. The van der Waals surface area contributed by atoms with E-state index < -0.39 is 0 Å². The smallest absolute Gasteiger partial charge is 0.262 e. The van der Waals surface area contributed by atoms with E-state index in [1.807, 2.05) is 31.2 Å². The lowest BCUT2D eigenvalue weighted by molar-refractivity contribution is -0.118. The first-order valence-corrected chi connectivity index (χ1v) is 10.1. The van der Waals surface area contributed by atoms with Crippen molar-refractivity contribution >= 4 is 23.2 Å². The van der Waals surface area contributed by atoms with Gasteiger partial charge >= 0.3 is 0 Å². The fourth-order valence-electron chi connectivity index (χ4n) is 2.86. The molecule has 1 aromatic heterocycles. The number of halogens is 1. The second-order valence-electron chi connectivity index (χ2n) is 7.17. The number of rotatable bonds is 9. The molecule has 0 spiro atoms. The van der Waals surface area contributed by atoms with Crippen molar-refractivity contribution < 1.29 is 14.3 Å². The molecule has 1 heterocycles. The number of nitrogens with zero attached hydrogens (tertiary/aromatic N) is 3. The number of aromatic nitrogens is 3. The van der Waals surface area contributed by atoms with Gasteiger partial charge in [0, 0.05) is 16.8 Å². The van der Waals surface area contributed by atoms with Gasteiger partial charge in [-0.3, -0.25) is 4.79 Å². The topological polar surface area (TPSA) is 78.3 Å². The largest absolute Gasteiger partial charge is 0.492 e. The molecule has 1 N–H and O–H groups in total. The second-order valence-corrected chi connectivity index (χ2v) is 7.57. The number of ether oxygens (including phenoxy) is 2. The van der Waals surface area contributed by atoms with E-state index >= 15 is 0 Å². The molecule has 0 saturated carbocycles. The van der Waals surface area contributed by atoms with E-state index in [2.05, 4.69) is 29.2 Å². The molecule has 0 aliphatic heterocycles. The lowest BCUT2D eigenvalue weighted by Gasteiger charge is -2.16. The Balaban J connectivity index is 1.54. The van der Waals surface area contributed by atoms with E-state index in [1.54, 1.807) is 23.1 Å². The van der Waals surface area contributed by atoms with Crippen LogP contribution in [-0.4, -0.2) is 33.9 Å². The fraction of sp³-hybridized carbons (Fsp3) is 0.318. The van der Waals surface area contributed by atoms with E-state index in [9.17, 15) is 4.79 Å². The molecule has 0 radical (unpaired) electrons. The highest BCUT2D eigenvalue weighted by Gasteiger charge is 2.13. The molecule has 0 fully saturated rings. The summed E-state index contributed by atoms with van der Waals surface area (Å²) in [4.78, 5) is 16.3. The summed E-state index contributed by atoms with van der Waals surface area (Å²) >= 11 is 6.23. The molecule has 0 saturated heterocycles. The Morgan fingerprint density at radius 1 is 1.23 bits per heavy atom. The van der Waals surface area contributed by atoms with Gasteiger partial charge in [0.2, 0.25) is 0 Å². The number of hydrogen-bond donors (Lipinski definition) is 1. The number of aryl methyl sites for hydroxylation is 1. The van der Waals surface area contributed by atoms with E-state index in [1.165, 1.54) is 6.33 Å². The summed E-state index contributed by atoms with van der Waals surface area (Å²) in [7, 11) is 0.